The van der Waals surface area contributed by atoms with Gasteiger partial charge in [0, 0.05) is 5.69 Å². The molecule has 0 unspecified atom stereocenters. The van der Waals surface area contributed by atoms with Crippen LogP contribution >= 0.6 is 0 Å². The van der Waals surface area contributed by atoms with Crippen molar-refractivity contribution < 1.29 is 9.18 Å². The Kier molecular flexibility index (Phi) is 4.24. The molecule has 0 radical (unpaired) electrons. The third kappa shape index (κ3) is 3.67. The second kappa shape index (κ2) is 5.46. The predicted octanol–water partition coefficient (Wildman–Crippen LogP) is 1.89. The van der Waals surface area contributed by atoms with Crippen LogP contribution in [0.2, 0.25) is 0 Å². The smallest absolute Gasteiger partial charge is 0.241 e. The summed E-state index contributed by atoms with van der Waals surface area (Å²) in [6.45, 7) is 1.96. The topological polar surface area (TPSA) is 55.1 Å². The van der Waals surface area contributed by atoms with Gasteiger partial charge in [-0.1, -0.05) is 13.3 Å². The van der Waals surface area contributed by atoms with Crippen molar-refractivity contribution in [3.63, 3.8) is 0 Å². The Morgan fingerprint density at radius 1 is 1.47 bits per heavy atom. The molecular formula is C11H15FN2O. The van der Waals surface area contributed by atoms with Crippen molar-refractivity contribution in [2.75, 3.05) is 5.32 Å². The molecule has 1 rings (SSSR count). The van der Waals surface area contributed by atoms with Crippen molar-refractivity contribution in [3.05, 3.63) is 30.1 Å². The first-order valence-electron chi connectivity index (χ1n) is 4.95. The Morgan fingerprint density at radius 2 is 2.07 bits per heavy atom. The summed E-state index contributed by atoms with van der Waals surface area (Å²) in [6, 6.07) is 5.10. The van der Waals surface area contributed by atoms with Crippen molar-refractivity contribution in [2.24, 2.45) is 5.73 Å². The van der Waals surface area contributed by atoms with Gasteiger partial charge in [0.25, 0.3) is 0 Å². The second-order valence-corrected chi connectivity index (χ2v) is 3.39. The van der Waals surface area contributed by atoms with E-state index in [1.165, 1.54) is 24.3 Å². The van der Waals surface area contributed by atoms with Gasteiger partial charge >= 0.3 is 0 Å². The van der Waals surface area contributed by atoms with Crippen molar-refractivity contribution in [2.45, 2.75) is 25.8 Å². The average molecular weight is 210 g/mol. The number of hydrogen-bond donors (Lipinski definition) is 2. The zero-order valence-electron chi connectivity index (χ0n) is 8.66. The van der Waals surface area contributed by atoms with Gasteiger partial charge in [-0.3, -0.25) is 4.79 Å². The fraction of sp³-hybridized carbons (Fsp3) is 0.364. The zero-order valence-corrected chi connectivity index (χ0v) is 8.66. The monoisotopic (exact) mass is 210 g/mol. The lowest BCUT2D eigenvalue weighted by atomic mass is 10.1. The Labute approximate surface area is 88.5 Å². The fourth-order valence-electron chi connectivity index (χ4n) is 1.21. The molecular weight excluding hydrogens is 195 g/mol. The molecule has 15 heavy (non-hydrogen) atoms. The molecule has 0 bridgehead atoms. The van der Waals surface area contributed by atoms with Gasteiger partial charge in [0.2, 0.25) is 5.91 Å². The summed E-state index contributed by atoms with van der Waals surface area (Å²) in [5.74, 6) is -0.561. The number of nitrogens with two attached hydrogens (primary N) is 1. The third-order valence-corrected chi connectivity index (χ3v) is 2.05. The maximum atomic E-state index is 12.6. The van der Waals surface area contributed by atoms with Gasteiger partial charge in [-0.15, -0.1) is 0 Å². The van der Waals surface area contributed by atoms with E-state index in [0.29, 0.717) is 12.1 Å². The van der Waals surface area contributed by atoms with Gasteiger partial charge in [0.1, 0.15) is 5.82 Å². The van der Waals surface area contributed by atoms with E-state index >= 15 is 0 Å². The summed E-state index contributed by atoms with van der Waals surface area (Å²) in [5, 5.41) is 2.62. The maximum Gasteiger partial charge on any atom is 0.241 e. The molecule has 3 N–H and O–H groups in total. The van der Waals surface area contributed by atoms with Gasteiger partial charge in [0.15, 0.2) is 0 Å². The molecule has 1 atom stereocenters. The number of halogens is 1. The lowest BCUT2D eigenvalue weighted by Gasteiger charge is -2.10. The summed E-state index contributed by atoms with van der Waals surface area (Å²) in [6.07, 6.45) is 1.50. The quantitative estimate of drug-likeness (QED) is 0.797. The second-order valence-electron chi connectivity index (χ2n) is 3.39. The Bertz CT molecular complexity index is 324. The Hall–Kier alpha value is -1.42. The molecule has 0 aliphatic heterocycles. The van der Waals surface area contributed by atoms with Gasteiger partial charge in [-0.25, -0.2) is 4.39 Å². The van der Waals surface area contributed by atoms with Crippen molar-refractivity contribution in [1.29, 1.82) is 0 Å². The number of carbonyl (C=O) groups excluding carboxylic acids is 1. The highest BCUT2D eigenvalue weighted by atomic mass is 19.1. The molecule has 0 spiro atoms. The van der Waals surface area contributed by atoms with Crippen molar-refractivity contribution in [3.8, 4) is 0 Å². The van der Waals surface area contributed by atoms with Crippen molar-refractivity contribution in [1.82, 2.24) is 0 Å². The van der Waals surface area contributed by atoms with Crippen LogP contribution in [0.15, 0.2) is 24.3 Å². The van der Waals surface area contributed by atoms with E-state index in [1.54, 1.807) is 0 Å². The van der Waals surface area contributed by atoms with Gasteiger partial charge in [0.05, 0.1) is 6.04 Å². The molecule has 1 aromatic carbocycles. The lowest BCUT2D eigenvalue weighted by molar-refractivity contribution is -0.117. The normalized spacial score (nSPS) is 12.2. The van der Waals surface area contributed by atoms with Crippen LogP contribution in [0, 0.1) is 5.82 Å². The summed E-state index contributed by atoms with van der Waals surface area (Å²) >= 11 is 0. The lowest BCUT2D eigenvalue weighted by Crippen LogP contribution is -2.35. The average Bonchev–Trinajstić information content (AvgIpc) is 2.22. The van der Waals surface area contributed by atoms with Crippen LogP contribution < -0.4 is 11.1 Å². The van der Waals surface area contributed by atoms with Gasteiger partial charge in [-0.05, 0) is 30.7 Å². The molecule has 0 aliphatic rings. The highest BCUT2D eigenvalue weighted by Crippen LogP contribution is 2.08. The Morgan fingerprint density at radius 3 is 2.60 bits per heavy atom. The highest BCUT2D eigenvalue weighted by molar-refractivity contribution is 5.94. The van der Waals surface area contributed by atoms with Crippen LogP contribution in [-0.2, 0) is 4.79 Å². The summed E-state index contributed by atoms with van der Waals surface area (Å²) in [4.78, 5) is 11.5. The molecule has 0 saturated heterocycles. The largest absolute Gasteiger partial charge is 0.325 e. The number of anilines is 1. The molecule has 0 aromatic heterocycles. The summed E-state index contributed by atoms with van der Waals surface area (Å²) < 4.78 is 12.6. The molecule has 4 heteroatoms. The maximum absolute atomic E-state index is 12.6. The van der Waals surface area contributed by atoms with Crippen LogP contribution in [0.25, 0.3) is 0 Å². The number of carbonyl (C=O) groups is 1. The van der Waals surface area contributed by atoms with E-state index in [-0.39, 0.29) is 11.7 Å². The number of benzene rings is 1. The third-order valence-electron chi connectivity index (χ3n) is 2.05. The SMILES string of the molecule is CCC[C@H](N)C(=O)Nc1ccc(F)cc1. The van der Waals surface area contributed by atoms with Crippen LogP contribution in [0.3, 0.4) is 0 Å². The number of nitrogens with one attached hydrogen (secondary N) is 1. The number of rotatable bonds is 4. The van der Waals surface area contributed by atoms with Gasteiger partial charge in [-0.2, -0.15) is 0 Å². The zero-order chi connectivity index (χ0) is 11.3. The number of amides is 1. The Balaban J connectivity index is 2.54. The molecule has 82 valence electrons. The minimum Gasteiger partial charge on any atom is -0.325 e. The molecule has 0 aliphatic carbocycles. The highest BCUT2D eigenvalue weighted by Gasteiger charge is 2.11. The minimum absolute atomic E-state index is 0.233. The first-order chi connectivity index (χ1) is 7.13. The van der Waals surface area contributed by atoms with Crippen LogP contribution in [0.5, 0.6) is 0 Å². The van der Waals surface area contributed by atoms with Crippen molar-refractivity contribution >= 4 is 11.6 Å². The summed E-state index contributed by atoms with van der Waals surface area (Å²) in [7, 11) is 0. The van der Waals surface area contributed by atoms with Crippen LogP contribution in [0.1, 0.15) is 19.8 Å². The standard InChI is InChI=1S/C11H15FN2O/c1-2-3-10(13)11(15)14-9-6-4-8(12)5-7-9/h4-7,10H,2-3,13H2,1H3,(H,14,15)/t10-/m0/s1. The van der Waals surface area contributed by atoms with Crippen LogP contribution in [0.4, 0.5) is 10.1 Å². The van der Waals surface area contributed by atoms with E-state index in [1.807, 2.05) is 6.92 Å². The molecule has 1 aromatic rings. The summed E-state index contributed by atoms with van der Waals surface area (Å²) in [5.41, 5.74) is 6.18. The minimum atomic E-state index is -0.500. The van der Waals surface area contributed by atoms with E-state index in [4.69, 9.17) is 5.73 Å². The molecule has 3 nitrogen and oxygen atoms in total. The van der Waals surface area contributed by atoms with E-state index in [2.05, 4.69) is 5.32 Å². The molecule has 0 fully saturated rings. The molecule has 0 heterocycles. The fourth-order valence-corrected chi connectivity index (χ4v) is 1.21. The van der Waals surface area contributed by atoms with E-state index in [0.717, 1.165) is 6.42 Å². The molecule has 0 saturated carbocycles. The van der Waals surface area contributed by atoms with E-state index < -0.39 is 6.04 Å². The van der Waals surface area contributed by atoms with Crippen LogP contribution in [-0.4, -0.2) is 11.9 Å². The van der Waals surface area contributed by atoms with Gasteiger partial charge < -0.3 is 11.1 Å². The first-order valence-corrected chi connectivity index (χ1v) is 4.95. The van der Waals surface area contributed by atoms with E-state index in [9.17, 15) is 9.18 Å². The number of hydrogen-bond acceptors (Lipinski definition) is 2. The first kappa shape index (κ1) is 11.7. The molecule has 1 amide bonds. The predicted molar refractivity (Wildman–Crippen MR) is 57.9 cm³/mol.